The van der Waals surface area contributed by atoms with Crippen molar-refractivity contribution in [2.45, 2.75) is 6.92 Å². The van der Waals surface area contributed by atoms with E-state index in [9.17, 15) is 8.42 Å². The summed E-state index contributed by atoms with van der Waals surface area (Å²) in [6, 6.07) is 0. The SMILES string of the molecule is CCS(=O)(=O)O[SiH3]. The Morgan fingerprint density at radius 1 is 1.71 bits per heavy atom. The molecule has 0 spiro atoms. The topological polar surface area (TPSA) is 43.4 Å². The van der Waals surface area contributed by atoms with Crippen molar-refractivity contribution in [3.05, 3.63) is 0 Å². The van der Waals surface area contributed by atoms with Crippen LogP contribution in [0.3, 0.4) is 0 Å². The first-order chi connectivity index (χ1) is 3.12. The molecule has 0 fully saturated rings. The van der Waals surface area contributed by atoms with Crippen LogP contribution in [0.2, 0.25) is 0 Å². The van der Waals surface area contributed by atoms with Crippen molar-refractivity contribution >= 4 is 20.6 Å². The Morgan fingerprint density at radius 2 is 2.14 bits per heavy atom. The van der Waals surface area contributed by atoms with Gasteiger partial charge in [-0.25, -0.2) is 8.42 Å². The highest BCUT2D eigenvalue weighted by Gasteiger charge is 1.99. The van der Waals surface area contributed by atoms with Crippen LogP contribution in [-0.2, 0) is 14.0 Å². The number of hydrogen-bond donors (Lipinski definition) is 0. The van der Waals surface area contributed by atoms with Crippen LogP contribution in [0.25, 0.3) is 0 Å². The third-order valence-electron chi connectivity index (χ3n) is 0.607. The molecule has 0 saturated carbocycles. The van der Waals surface area contributed by atoms with Gasteiger partial charge >= 0.3 is 0 Å². The smallest absolute Gasteiger partial charge is 0.256 e. The molecule has 0 aromatic carbocycles. The van der Waals surface area contributed by atoms with Crippen molar-refractivity contribution in [3.63, 3.8) is 0 Å². The molecule has 0 bridgehead atoms. The molecule has 0 amide bonds. The van der Waals surface area contributed by atoms with Crippen LogP contribution in [-0.4, -0.2) is 24.7 Å². The molecule has 0 saturated heterocycles. The third-order valence-corrected chi connectivity index (χ3v) is 3.35. The molecule has 0 radical (unpaired) electrons. The summed E-state index contributed by atoms with van der Waals surface area (Å²) in [5.74, 6) is 0.0799. The van der Waals surface area contributed by atoms with Crippen LogP contribution < -0.4 is 0 Å². The van der Waals surface area contributed by atoms with Gasteiger partial charge in [0, 0.05) is 0 Å². The molecular formula is C2H8O3SSi. The van der Waals surface area contributed by atoms with Gasteiger partial charge in [-0.3, -0.25) is 0 Å². The van der Waals surface area contributed by atoms with Gasteiger partial charge < -0.3 is 3.87 Å². The minimum absolute atomic E-state index is 0.0799. The van der Waals surface area contributed by atoms with Gasteiger partial charge in [0.2, 0.25) is 0 Å². The molecule has 0 aliphatic rings. The van der Waals surface area contributed by atoms with Gasteiger partial charge in [-0.05, 0) is 6.92 Å². The van der Waals surface area contributed by atoms with Gasteiger partial charge in [-0.15, -0.1) is 0 Å². The summed E-state index contributed by atoms with van der Waals surface area (Å²) in [7, 11) is -2.83. The molecule has 0 aliphatic carbocycles. The van der Waals surface area contributed by atoms with Crippen molar-refractivity contribution in [2.75, 3.05) is 5.75 Å². The second-order valence-electron chi connectivity index (χ2n) is 1.01. The highest BCUT2D eigenvalue weighted by Crippen LogP contribution is 1.84. The molecule has 5 heteroatoms. The van der Waals surface area contributed by atoms with Crippen molar-refractivity contribution in [2.24, 2.45) is 0 Å². The van der Waals surface area contributed by atoms with Gasteiger partial charge in [0.25, 0.3) is 10.1 Å². The Bertz CT molecular complexity index is 116. The molecule has 7 heavy (non-hydrogen) atoms. The quantitative estimate of drug-likeness (QED) is 0.445. The lowest BCUT2D eigenvalue weighted by Gasteiger charge is -1.91. The summed E-state index contributed by atoms with van der Waals surface area (Å²) >= 11 is 0. The van der Waals surface area contributed by atoms with Crippen LogP contribution in [0.4, 0.5) is 0 Å². The van der Waals surface area contributed by atoms with Gasteiger partial charge in [-0.1, -0.05) is 0 Å². The van der Waals surface area contributed by atoms with E-state index in [1.807, 2.05) is 0 Å². The van der Waals surface area contributed by atoms with E-state index in [1.165, 1.54) is 0 Å². The third kappa shape index (κ3) is 2.78. The maximum atomic E-state index is 10.2. The lowest BCUT2D eigenvalue weighted by molar-refractivity contribution is 0.509. The Hall–Kier alpha value is 0.127. The highest BCUT2D eigenvalue weighted by molar-refractivity contribution is 7.87. The zero-order valence-electron chi connectivity index (χ0n) is 4.34. The van der Waals surface area contributed by atoms with Gasteiger partial charge in [0.15, 0.2) is 10.5 Å². The van der Waals surface area contributed by atoms with E-state index in [0.29, 0.717) is 0 Å². The summed E-state index contributed by atoms with van der Waals surface area (Å²) < 4.78 is 24.6. The average Bonchev–Trinajstić information content (AvgIpc) is 1.68. The lowest BCUT2D eigenvalue weighted by Crippen LogP contribution is -2.04. The first-order valence-electron chi connectivity index (χ1n) is 1.90. The van der Waals surface area contributed by atoms with Crippen molar-refractivity contribution in [3.8, 4) is 0 Å². The minimum atomic E-state index is -3.10. The maximum absolute atomic E-state index is 10.2. The standard InChI is InChI=1S/C2H8O3SSi/c1-2-6(3,4)5-7/h2H2,1,7H3. The summed E-state index contributed by atoms with van der Waals surface area (Å²) in [4.78, 5) is 0. The van der Waals surface area contributed by atoms with Crippen LogP contribution in [0.1, 0.15) is 6.92 Å². The zero-order valence-corrected chi connectivity index (χ0v) is 7.16. The summed E-state index contributed by atoms with van der Waals surface area (Å²) in [5, 5.41) is 0. The lowest BCUT2D eigenvalue weighted by atomic mass is 11.0. The van der Waals surface area contributed by atoms with E-state index < -0.39 is 10.1 Å². The van der Waals surface area contributed by atoms with E-state index >= 15 is 0 Å². The average molecular weight is 140 g/mol. The molecule has 44 valence electrons. The van der Waals surface area contributed by atoms with E-state index in [-0.39, 0.29) is 16.2 Å². The Balaban J connectivity index is 3.89. The number of hydrogen-bond acceptors (Lipinski definition) is 3. The van der Waals surface area contributed by atoms with E-state index in [0.717, 1.165) is 0 Å². The molecule has 0 atom stereocenters. The van der Waals surface area contributed by atoms with E-state index in [2.05, 4.69) is 3.87 Å². The maximum Gasteiger partial charge on any atom is 0.256 e. The Morgan fingerprint density at radius 3 is 2.14 bits per heavy atom. The molecule has 0 aromatic rings. The normalized spacial score (nSPS) is 12.1. The summed E-state index contributed by atoms with van der Waals surface area (Å²) in [6.45, 7) is 1.55. The van der Waals surface area contributed by atoms with E-state index in [1.54, 1.807) is 6.92 Å². The largest absolute Gasteiger partial charge is 0.327 e. The monoisotopic (exact) mass is 140 g/mol. The molecule has 0 unspecified atom stereocenters. The Kier molecular flexibility index (Phi) is 2.48. The second kappa shape index (κ2) is 2.44. The fourth-order valence-corrected chi connectivity index (χ4v) is 1.06. The summed E-state index contributed by atoms with van der Waals surface area (Å²) in [5.41, 5.74) is 0. The van der Waals surface area contributed by atoms with Crippen LogP contribution >= 0.6 is 0 Å². The molecular weight excluding hydrogens is 132 g/mol. The van der Waals surface area contributed by atoms with Gasteiger partial charge in [0.05, 0.1) is 5.75 Å². The molecule has 0 heterocycles. The fourth-order valence-electron chi connectivity index (χ4n) is 0.118. The number of rotatable bonds is 2. The molecule has 0 aliphatic heterocycles. The summed E-state index contributed by atoms with van der Waals surface area (Å²) in [6.07, 6.45) is 0. The van der Waals surface area contributed by atoms with E-state index in [4.69, 9.17) is 0 Å². The predicted molar refractivity (Wildman–Crippen MR) is 30.5 cm³/mol. The Labute approximate surface area is 46.3 Å². The van der Waals surface area contributed by atoms with Gasteiger partial charge in [0.1, 0.15) is 0 Å². The molecule has 0 N–H and O–H groups in total. The van der Waals surface area contributed by atoms with Crippen LogP contribution in [0.15, 0.2) is 0 Å². The second-order valence-corrected chi connectivity index (χ2v) is 4.04. The molecule has 0 rings (SSSR count). The van der Waals surface area contributed by atoms with Crippen molar-refractivity contribution in [1.82, 2.24) is 0 Å². The van der Waals surface area contributed by atoms with Crippen molar-refractivity contribution < 1.29 is 12.3 Å². The molecule has 3 nitrogen and oxygen atoms in total. The first kappa shape index (κ1) is 7.13. The zero-order chi connectivity index (χ0) is 5.91. The minimum Gasteiger partial charge on any atom is -0.327 e. The van der Waals surface area contributed by atoms with Crippen LogP contribution in [0.5, 0.6) is 0 Å². The first-order valence-corrected chi connectivity index (χ1v) is 4.30. The predicted octanol–water partition coefficient (Wildman–Crippen LogP) is -1.37. The van der Waals surface area contributed by atoms with Crippen LogP contribution in [0, 0.1) is 0 Å². The van der Waals surface area contributed by atoms with Gasteiger partial charge in [-0.2, -0.15) is 0 Å². The molecule has 0 aromatic heterocycles. The fraction of sp³-hybridized carbons (Fsp3) is 1.00. The van der Waals surface area contributed by atoms with Crippen molar-refractivity contribution in [1.29, 1.82) is 0 Å². The highest BCUT2D eigenvalue weighted by atomic mass is 32.2.